The maximum atomic E-state index is 14.3. The van der Waals surface area contributed by atoms with Crippen LogP contribution in [0.4, 0.5) is 4.79 Å². The minimum Gasteiger partial charge on any atom is -0.458 e. The molecule has 1 fully saturated rings. The summed E-state index contributed by atoms with van der Waals surface area (Å²) in [6.07, 6.45) is 6.26. The topological polar surface area (TPSA) is 134 Å². The van der Waals surface area contributed by atoms with Gasteiger partial charge in [-0.1, -0.05) is 54.5 Å². The molecule has 3 amide bonds. The van der Waals surface area contributed by atoms with Crippen LogP contribution in [0, 0.1) is 12.3 Å². The second kappa shape index (κ2) is 14.4. The lowest BCUT2D eigenvalue weighted by atomic mass is 9.96. The molecule has 3 rings (SSSR count). The molecule has 1 aliphatic rings. The van der Waals surface area contributed by atoms with Gasteiger partial charge in [0.1, 0.15) is 29.3 Å². The number of carbonyl (C=O) groups is 4. The fourth-order valence-electron chi connectivity index (χ4n) is 4.64. The van der Waals surface area contributed by atoms with Crippen LogP contribution in [-0.4, -0.2) is 69.8 Å². The molecule has 10 heteroatoms. The van der Waals surface area contributed by atoms with Crippen molar-refractivity contribution >= 4 is 23.9 Å². The van der Waals surface area contributed by atoms with Crippen LogP contribution in [-0.2, 0) is 30.3 Å². The lowest BCUT2D eigenvalue weighted by molar-refractivity contribution is -0.159. The molecular formula is C34H43N3O7. The Labute approximate surface area is 259 Å². The summed E-state index contributed by atoms with van der Waals surface area (Å²) in [5, 5.41) is 15.4. The highest BCUT2D eigenvalue weighted by molar-refractivity contribution is 5.94. The molecule has 3 atom stereocenters. The summed E-state index contributed by atoms with van der Waals surface area (Å²) in [7, 11) is 0. The van der Waals surface area contributed by atoms with E-state index in [4.69, 9.17) is 15.9 Å². The molecule has 0 saturated heterocycles. The third-order valence-electron chi connectivity index (χ3n) is 6.59. The zero-order chi connectivity index (χ0) is 32.7. The molecule has 44 heavy (non-hydrogen) atoms. The number of ether oxygens (including phenoxy) is 2. The highest BCUT2D eigenvalue weighted by atomic mass is 16.6. The number of nitrogens with zero attached hydrogens (tertiary/aromatic N) is 1. The van der Waals surface area contributed by atoms with E-state index in [1.807, 2.05) is 30.3 Å². The first kappa shape index (κ1) is 34.1. The van der Waals surface area contributed by atoms with Gasteiger partial charge in [0.2, 0.25) is 11.8 Å². The smallest absolute Gasteiger partial charge is 0.408 e. The normalized spacial score (nSPS) is 15.1. The molecule has 0 heterocycles. The van der Waals surface area contributed by atoms with E-state index < -0.39 is 59.8 Å². The van der Waals surface area contributed by atoms with Gasteiger partial charge in [-0.15, -0.1) is 6.42 Å². The van der Waals surface area contributed by atoms with Gasteiger partial charge in [0, 0.05) is 18.0 Å². The van der Waals surface area contributed by atoms with Crippen molar-refractivity contribution < 1.29 is 33.8 Å². The highest BCUT2D eigenvalue weighted by Crippen LogP contribution is 2.36. The molecule has 3 N–H and O–H groups in total. The van der Waals surface area contributed by atoms with Crippen molar-refractivity contribution in [1.82, 2.24) is 15.5 Å². The first-order valence-electron chi connectivity index (χ1n) is 14.7. The minimum atomic E-state index is -1.40. The number of hydrogen-bond donors (Lipinski definition) is 3. The van der Waals surface area contributed by atoms with E-state index in [2.05, 4.69) is 16.6 Å². The number of alkyl carbamates (subject to hydrolysis) is 1. The van der Waals surface area contributed by atoms with Crippen LogP contribution in [0.2, 0.25) is 0 Å². The van der Waals surface area contributed by atoms with E-state index in [0.717, 1.165) is 5.56 Å². The molecule has 0 bridgehead atoms. The summed E-state index contributed by atoms with van der Waals surface area (Å²) in [6, 6.07) is 11.8. The van der Waals surface area contributed by atoms with Crippen LogP contribution in [0.25, 0.3) is 0 Å². The molecule has 2 aromatic rings. The molecule has 2 aromatic carbocycles. The highest BCUT2D eigenvalue weighted by Gasteiger charge is 2.45. The second-order valence-electron chi connectivity index (χ2n) is 12.8. The number of benzene rings is 2. The molecule has 10 nitrogen and oxygen atoms in total. The van der Waals surface area contributed by atoms with Crippen molar-refractivity contribution in [2.45, 2.75) is 96.2 Å². The van der Waals surface area contributed by atoms with E-state index in [-0.39, 0.29) is 12.5 Å². The fourth-order valence-corrected chi connectivity index (χ4v) is 4.64. The SMILES string of the molecule is C#Cc1ccccc1C(C(=O)NC(Cc1ccccc1)C(=O)OC(C)(C)C)N(C(=O)C(CO)NC(=O)OC(C)(C)C)C1CC1. The number of carbonyl (C=O) groups excluding carboxylic acids is 4. The van der Waals surface area contributed by atoms with Crippen molar-refractivity contribution in [3.63, 3.8) is 0 Å². The number of aliphatic hydroxyl groups excluding tert-OH is 1. The first-order chi connectivity index (χ1) is 20.6. The summed E-state index contributed by atoms with van der Waals surface area (Å²) >= 11 is 0. The van der Waals surface area contributed by atoms with E-state index in [9.17, 15) is 24.3 Å². The van der Waals surface area contributed by atoms with E-state index in [1.54, 1.807) is 65.8 Å². The second-order valence-corrected chi connectivity index (χ2v) is 12.8. The molecular weight excluding hydrogens is 562 g/mol. The van der Waals surface area contributed by atoms with E-state index in [1.165, 1.54) is 4.90 Å². The summed E-state index contributed by atoms with van der Waals surface area (Å²) in [4.78, 5) is 55.6. The Morgan fingerprint density at radius 1 is 0.909 bits per heavy atom. The number of nitrogens with one attached hydrogen (secondary N) is 2. The monoisotopic (exact) mass is 605 g/mol. The Kier molecular flexibility index (Phi) is 11.2. The van der Waals surface area contributed by atoms with Crippen molar-refractivity contribution in [2.24, 2.45) is 0 Å². The molecule has 1 aliphatic carbocycles. The molecule has 0 spiro atoms. The standard InChI is InChI=1S/C34H43N3O7/c1-8-23-16-12-13-17-25(23)28(37(24-18-19-24)30(40)27(21-38)36-32(42)44-34(5,6)7)29(39)35-26(31(41)43-33(2,3)4)20-22-14-10-9-11-15-22/h1,9-17,24,26-28,38H,18-21H2,2-7H3,(H,35,39)(H,36,42). The average Bonchev–Trinajstić information content (AvgIpc) is 3.77. The van der Waals surface area contributed by atoms with E-state index in [0.29, 0.717) is 24.0 Å². The lowest BCUT2D eigenvalue weighted by Gasteiger charge is -2.35. The number of rotatable bonds is 11. The van der Waals surface area contributed by atoms with Gasteiger partial charge in [0.25, 0.3) is 0 Å². The van der Waals surface area contributed by atoms with Crippen LogP contribution in [0.15, 0.2) is 54.6 Å². The van der Waals surface area contributed by atoms with Crippen LogP contribution in [0.5, 0.6) is 0 Å². The number of terminal acetylenes is 1. The average molecular weight is 606 g/mol. The summed E-state index contributed by atoms with van der Waals surface area (Å²) in [5.41, 5.74) is -0.120. The summed E-state index contributed by atoms with van der Waals surface area (Å²) in [5.74, 6) is 0.599. The lowest BCUT2D eigenvalue weighted by Crippen LogP contribution is -2.56. The number of esters is 1. The number of aliphatic hydroxyl groups is 1. The predicted octanol–water partition coefficient (Wildman–Crippen LogP) is 3.65. The largest absolute Gasteiger partial charge is 0.458 e. The zero-order valence-corrected chi connectivity index (χ0v) is 26.3. The maximum Gasteiger partial charge on any atom is 0.408 e. The van der Waals surface area contributed by atoms with Gasteiger partial charge in [-0.3, -0.25) is 9.59 Å². The van der Waals surface area contributed by atoms with Gasteiger partial charge in [-0.25, -0.2) is 9.59 Å². The Morgan fingerprint density at radius 3 is 2.05 bits per heavy atom. The van der Waals surface area contributed by atoms with Gasteiger partial charge in [0.15, 0.2) is 0 Å². The van der Waals surface area contributed by atoms with Crippen molar-refractivity contribution in [3.8, 4) is 12.3 Å². The van der Waals surface area contributed by atoms with Crippen LogP contribution in [0.3, 0.4) is 0 Å². The Hall–Kier alpha value is -4.36. The quantitative estimate of drug-likeness (QED) is 0.263. The summed E-state index contributed by atoms with van der Waals surface area (Å²) < 4.78 is 10.9. The van der Waals surface area contributed by atoms with Gasteiger partial charge >= 0.3 is 12.1 Å². The fraction of sp³-hybridized carbons (Fsp3) is 0.471. The number of hydrogen-bond acceptors (Lipinski definition) is 7. The first-order valence-corrected chi connectivity index (χ1v) is 14.7. The van der Waals surface area contributed by atoms with Crippen LogP contribution < -0.4 is 10.6 Å². The van der Waals surface area contributed by atoms with Crippen LogP contribution in [0.1, 0.15) is 77.1 Å². The number of amides is 3. The van der Waals surface area contributed by atoms with Crippen molar-refractivity contribution in [2.75, 3.05) is 6.61 Å². The third-order valence-corrected chi connectivity index (χ3v) is 6.59. The molecule has 1 saturated carbocycles. The predicted molar refractivity (Wildman–Crippen MR) is 165 cm³/mol. The summed E-state index contributed by atoms with van der Waals surface area (Å²) in [6.45, 7) is 9.49. The van der Waals surface area contributed by atoms with E-state index >= 15 is 0 Å². The van der Waals surface area contributed by atoms with Crippen molar-refractivity contribution in [1.29, 1.82) is 0 Å². The molecule has 3 unspecified atom stereocenters. The minimum absolute atomic E-state index is 0.141. The molecule has 236 valence electrons. The zero-order valence-electron chi connectivity index (χ0n) is 26.3. The Balaban J connectivity index is 2.03. The molecule has 0 aliphatic heterocycles. The van der Waals surface area contributed by atoms with Gasteiger partial charge < -0.3 is 30.1 Å². The van der Waals surface area contributed by atoms with Gasteiger partial charge in [-0.2, -0.15) is 0 Å². The molecule has 0 radical (unpaired) electrons. The third kappa shape index (κ3) is 9.85. The Morgan fingerprint density at radius 2 is 1.50 bits per heavy atom. The Bertz CT molecular complexity index is 1370. The van der Waals surface area contributed by atoms with Gasteiger partial charge in [-0.05, 0) is 71.6 Å². The van der Waals surface area contributed by atoms with Crippen LogP contribution >= 0.6 is 0 Å². The van der Waals surface area contributed by atoms with Gasteiger partial charge in [0.05, 0.1) is 6.61 Å². The maximum absolute atomic E-state index is 14.3. The molecule has 0 aromatic heterocycles. The van der Waals surface area contributed by atoms with Crippen molar-refractivity contribution in [3.05, 3.63) is 71.3 Å².